The summed E-state index contributed by atoms with van der Waals surface area (Å²) in [4.78, 5) is 7.22. The zero-order chi connectivity index (χ0) is 14.1. The second kappa shape index (κ2) is 8.16. The van der Waals surface area contributed by atoms with E-state index in [0.717, 1.165) is 31.0 Å². The van der Waals surface area contributed by atoms with Crippen molar-refractivity contribution in [1.82, 2.24) is 14.3 Å². The number of piperidine rings is 1. The summed E-state index contributed by atoms with van der Waals surface area (Å²) in [6.07, 6.45) is 6.84. The minimum absolute atomic E-state index is 0. The van der Waals surface area contributed by atoms with Crippen LogP contribution < -0.4 is 5.73 Å². The Morgan fingerprint density at radius 3 is 2.77 bits per heavy atom. The summed E-state index contributed by atoms with van der Waals surface area (Å²) in [6, 6.07) is 4.69. The molecule has 0 amide bonds. The van der Waals surface area contributed by atoms with Crippen LogP contribution in [0.1, 0.15) is 31.0 Å². The number of hydrogen-bond acceptors (Lipinski definition) is 3. The Labute approximate surface area is 144 Å². The summed E-state index contributed by atoms with van der Waals surface area (Å²) in [5.74, 6) is 0.688. The van der Waals surface area contributed by atoms with Gasteiger partial charge in [0.15, 0.2) is 0 Å². The van der Waals surface area contributed by atoms with Crippen molar-refractivity contribution >= 4 is 30.5 Å². The summed E-state index contributed by atoms with van der Waals surface area (Å²) >= 11 is 0. The van der Waals surface area contributed by atoms with Crippen molar-refractivity contribution in [3.8, 4) is 0 Å². The van der Waals surface area contributed by atoms with E-state index < -0.39 is 0 Å². The maximum absolute atomic E-state index is 5.97. The molecule has 0 spiro atoms. The Hall–Kier alpha value is -0.810. The molecule has 2 unspecified atom stereocenters. The van der Waals surface area contributed by atoms with Gasteiger partial charge in [-0.3, -0.25) is 4.90 Å². The van der Waals surface area contributed by atoms with Gasteiger partial charge in [0.2, 0.25) is 0 Å². The van der Waals surface area contributed by atoms with Crippen LogP contribution in [0, 0.1) is 12.8 Å². The molecule has 2 N–H and O–H groups in total. The van der Waals surface area contributed by atoms with Gasteiger partial charge in [-0.1, -0.05) is 13.0 Å². The summed E-state index contributed by atoms with van der Waals surface area (Å²) in [6.45, 7) is 7.21. The van der Waals surface area contributed by atoms with E-state index in [0.29, 0.717) is 12.0 Å². The van der Waals surface area contributed by atoms with Crippen molar-refractivity contribution in [3.63, 3.8) is 0 Å². The zero-order valence-corrected chi connectivity index (χ0v) is 14.9. The maximum Gasteiger partial charge on any atom is 0.137 e. The SMILES string of the molecule is Cc1ccc2nc(CN3CCCC(C)C3CN)cn2c1.Cl.Cl. The van der Waals surface area contributed by atoms with E-state index in [9.17, 15) is 0 Å². The first-order valence-corrected chi connectivity index (χ1v) is 7.55. The fourth-order valence-corrected chi connectivity index (χ4v) is 3.35. The fraction of sp³-hybridized carbons (Fsp3) is 0.562. The Balaban J connectivity index is 0.00000121. The highest BCUT2D eigenvalue weighted by Crippen LogP contribution is 2.24. The monoisotopic (exact) mass is 344 g/mol. The number of aryl methyl sites for hydroxylation is 1. The molecule has 3 rings (SSSR count). The Bertz CT molecular complexity index is 599. The Morgan fingerprint density at radius 1 is 1.27 bits per heavy atom. The summed E-state index contributed by atoms with van der Waals surface area (Å²) in [5.41, 5.74) is 9.39. The van der Waals surface area contributed by atoms with Crippen LogP contribution in [0.5, 0.6) is 0 Å². The van der Waals surface area contributed by atoms with Crippen LogP contribution in [-0.2, 0) is 6.54 Å². The van der Waals surface area contributed by atoms with E-state index >= 15 is 0 Å². The van der Waals surface area contributed by atoms with Crippen molar-refractivity contribution in [3.05, 3.63) is 35.8 Å². The first kappa shape index (κ1) is 19.2. The lowest BCUT2D eigenvalue weighted by atomic mass is 9.91. The lowest BCUT2D eigenvalue weighted by Gasteiger charge is -2.39. The molecule has 3 heterocycles. The topological polar surface area (TPSA) is 46.6 Å². The molecule has 1 fully saturated rings. The van der Waals surface area contributed by atoms with Gasteiger partial charge in [0.25, 0.3) is 0 Å². The molecule has 0 saturated carbocycles. The molecule has 2 atom stereocenters. The van der Waals surface area contributed by atoms with Crippen molar-refractivity contribution in [2.24, 2.45) is 11.7 Å². The van der Waals surface area contributed by atoms with Gasteiger partial charge in [-0.05, 0) is 43.9 Å². The molecule has 124 valence electrons. The van der Waals surface area contributed by atoms with Crippen LogP contribution in [0.2, 0.25) is 0 Å². The van der Waals surface area contributed by atoms with Crippen LogP contribution in [0.4, 0.5) is 0 Å². The molecule has 2 aromatic rings. The van der Waals surface area contributed by atoms with E-state index in [2.05, 4.69) is 47.7 Å². The minimum Gasteiger partial charge on any atom is -0.329 e. The first-order chi connectivity index (χ1) is 9.67. The van der Waals surface area contributed by atoms with Gasteiger partial charge in [-0.2, -0.15) is 0 Å². The number of likely N-dealkylation sites (tertiary alicyclic amines) is 1. The van der Waals surface area contributed by atoms with Crippen LogP contribution in [0.3, 0.4) is 0 Å². The van der Waals surface area contributed by atoms with Crippen LogP contribution in [0.15, 0.2) is 24.5 Å². The summed E-state index contributed by atoms with van der Waals surface area (Å²) < 4.78 is 2.12. The van der Waals surface area contributed by atoms with Gasteiger partial charge in [-0.25, -0.2) is 4.98 Å². The number of rotatable bonds is 3. The van der Waals surface area contributed by atoms with Crippen LogP contribution >= 0.6 is 24.8 Å². The quantitative estimate of drug-likeness (QED) is 0.930. The Kier molecular flexibility index (Phi) is 7.13. The van der Waals surface area contributed by atoms with E-state index in [1.165, 1.54) is 18.4 Å². The molecule has 0 radical (unpaired) electrons. The molecule has 1 aliphatic rings. The third-order valence-electron chi connectivity index (χ3n) is 4.49. The second-order valence-electron chi connectivity index (χ2n) is 6.10. The third kappa shape index (κ3) is 3.93. The molecular weight excluding hydrogens is 319 g/mol. The van der Waals surface area contributed by atoms with Gasteiger partial charge in [0, 0.05) is 31.5 Å². The largest absolute Gasteiger partial charge is 0.329 e. The molecule has 0 aliphatic carbocycles. The standard InChI is InChI=1S/C16H24N4.2ClH/c1-12-5-6-16-18-14(11-20(16)9-12)10-19-7-3-4-13(2)15(19)8-17;;/h5-6,9,11,13,15H,3-4,7-8,10,17H2,1-2H3;2*1H. The normalized spacial score (nSPS) is 22.1. The highest BCUT2D eigenvalue weighted by Gasteiger charge is 2.27. The van der Waals surface area contributed by atoms with Crippen molar-refractivity contribution < 1.29 is 0 Å². The average molecular weight is 345 g/mol. The minimum atomic E-state index is 0. The molecule has 0 aromatic carbocycles. The van der Waals surface area contributed by atoms with Gasteiger partial charge < -0.3 is 10.1 Å². The summed E-state index contributed by atoms with van der Waals surface area (Å²) in [7, 11) is 0. The lowest BCUT2D eigenvalue weighted by Crippen LogP contribution is -2.48. The third-order valence-corrected chi connectivity index (χ3v) is 4.49. The first-order valence-electron chi connectivity index (χ1n) is 7.55. The molecule has 1 saturated heterocycles. The zero-order valence-electron chi connectivity index (χ0n) is 13.2. The van der Waals surface area contributed by atoms with Gasteiger partial charge in [0.05, 0.1) is 5.69 Å². The molecule has 1 aliphatic heterocycles. The highest BCUT2D eigenvalue weighted by molar-refractivity contribution is 5.85. The Morgan fingerprint density at radius 2 is 2.05 bits per heavy atom. The highest BCUT2D eigenvalue weighted by atomic mass is 35.5. The molecule has 22 heavy (non-hydrogen) atoms. The molecule has 2 aromatic heterocycles. The second-order valence-corrected chi connectivity index (χ2v) is 6.10. The number of pyridine rings is 1. The van der Waals surface area contributed by atoms with Gasteiger partial charge >= 0.3 is 0 Å². The van der Waals surface area contributed by atoms with Crippen molar-refractivity contribution in [2.75, 3.05) is 13.1 Å². The fourth-order valence-electron chi connectivity index (χ4n) is 3.35. The lowest BCUT2D eigenvalue weighted by molar-refractivity contribution is 0.0979. The molecular formula is C16H26Cl2N4. The van der Waals surface area contributed by atoms with Crippen LogP contribution in [-0.4, -0.2) is 33.4 Å². The molecule has 4 nitrogen and oxygen atoms in total. The van der Waals surface area contributed by atoms with E-state index in [4.69, 9.17) is 10.7 Å². The van der Waals surface area contributed by atoms with E-state index in [-0.39, 0.29) is 24.8 Å². The average Bonchev–Trinajstić information content (AvgIpc) is 2.80. The smallest absolute Gasteiger partial charge is 0.137 e. The number of nitrogens with two attached hydrogens (primary N) is 1. The number of aromatic nitrogens is 2. The van der Waals surface area contributed by atoms with Crippen molar-refractivity contribution in [2.45, 2.75) is 39.3 Å². The molecule has 0 bridgehead atoms. The van der Waals surface area contributed by atoms with Gasteiger partial charge in [-0.15, -0.1) is 24.8 Å². The number of fused-ring (bicyclic) bond motifs is 1. The number of imidazole rings is 1. The van der Waals surface area contributed by atoms with Gasteiger partial charge in [0.1, 0.15) is 5.65 Å². The van der Waals surface area contributed by atoms with Crippen molar-refractivity contribution in [1.29, 1.82) is 0 Å². The number of nitrogens with zero attached hydrogens (tertiary/aromatic N) is 3. The number of hydrogen-bond donors (Lipinski definition) is 1. The van der Waals surface area contributed by atoms with E-state index in [1.54, 1.807) is 0 Å². The molecule has 6 heteroatoms. The number of halogens is 2. The summed E-state index contributed by atoms with van der Waals surface area (Å²) in [5, 5.41) is 0. The van der Waals surface area contributed by atoms with Crippen LogP contribution in [0.25, 0.3) is 5.65 Å². The predicted octanol–water partition coefficient (Wildman–Crippen LogP) is 3.05. The maximum atomic E-state index is 5.97. The van der Waals surface area contributed by atoms with E-state index in [1.807, 2.05) is 0 Å². The predicted molar refractivity (Wildman–Crippen MR) is 96.1 cm³/mol.